The van der Waals surface area contributed by atoms with Crippen molar-refractivity contribution in [3.8, 4) is 0 Å². The zero-order chi connectivity index (χ0) is 10.6. The van der Waals surface area contributed by atoms with Crippen molar-refractivity contribution < 1.29 is 9.90 Å². The van der Waals surface area contributed by atoms with Gasteiger partial charge in [-0.2, -0.15) is 0 Å². The monoisotopic (exact) mass is 232 g/mol. The summed E-state index contributed by atoms with van der Waals surface area (Å²) in [5.74, 6) is -0.978. The summed E-state index contributed by atoms with van der Waals surface area (Å²) < 4.78 is 0. The van der Waals surface area contributed by atoms with Gasteiger partial charge in [0, 0.05) is 5.02 Å². The van der Waals surface area contributed by atoms with Crippen LogP contribution < -0.4 is 0 Å². The van der Waals surface area contributed by atoms with E-state index in [1.54, 1.807) is 6.07 Å². The molecule has 0 aliphatic rings. The fraction of sp³-hybridized carbons (Fsp3) is 0.300. The summed E-state index contributed by atoms with van der Waals surface area (Å²) in [6.45, 7) is 0. The van der Waals surface area contributed by atoms with Crippen LogP contribution in [0.1, 0.15) is 12.0 Å². The molecule has 0 bridgehead atoms. The number of carbonyl (C=O) groups is 1. The Morgan fingerprint density at radius 2 is 2.21 bits per heavy atom. The minimum Gasteiger partial charge on any atom is -0.480 e. The summed E-state index contributed by atoms with van der Waals surface area (Å²) in [5, 5.41) is 8.39. The Morgan fingerprint density at radius 1 is 1.50 bits per heavy atom. The van der Waals surface area contributed by atoms with Crippen LogP contribution in [0.15, 0.2) is 24.3 Å². The van der Waals surface area contributed by atoms with Crippen LogP contribution in [-0.2, 0) is 11.2 Å². The highest BCUT2D eigenvalue weighted by Gasteiger charge is 2.12. The topological polar surface area (TPSA) is 37.3 Å². The van der Waals surface area contributed by atoms with Crippen LogP contribution in [0.5, 0.6) is 0 Å². The molecule has 1 N–H and O–H groups in total. The lowest BCUT2D eigenvalue weighted by Crippen LogP contribution is -2.13. The van der Waals surface area contributed by atoms with Gasteiger partial charge in [-0.1, -0.05) is 23.7 Å². The van der Waals surface area contributed by atoms with Crippen molar-refractivity contribution in [3.05, 3.63) is 34.9 Å². The number of rotatable bonds is 4. The van der Waals surface area contributed by atoms with E-state index in [-0.39, 0.29) is 0 Å². The SMILES string of the molecule is O=C(O)[C@@H](Cl)CCc1cccc(Cl)c1. The van der Waals surface area contributed by atoms with Gasteiger partial charge in [-0.25, -0.2) is 0 Å². The fourth-order valence-corrected chi connectivity index (χ4v) is 1.43. The third-order valence-corrected chi connectivity index (χ3v) is 2.48. The standard InChI is InChI=1S/C10H10Cl2O2/c11-8-3-1-2-7(6-8)4-5-9(12)10(13)14/h1-3,6,9H,4-5H2,(H,13,14)/t9-/m0/s1. The molecule has 1 atom stereocenters. The number of carboxylic acid groups (broad SMARTS) is 1. The Bertz CT molecular complexity index is 326. The molecule has 0 aliphatic carbocycles. The predicted octanol–water partition coefficient (Wildman–Crippen LogP) is 2.96. The second-order valence-electron chi connectivity index (χ2n) is 2.97. The molecule has 14 heavy (non-hydrogen) atoms. The third-order valence-electron chi connectivity index (χ3n) is 1.84. The van der Waals surface area contributed by atoms with Crippen molar-refractivity contribution >= 4 is 29.2 Å². The van der Waals surface area contributed by atoms with Gasteiger partial charge in [-0.05, 0) is 30.5 Å². The molecule has 0 unspecified atom stereocenters. The van der Waals surface area contributed by atoms with Crippen LogP contribution in [0.4, 0.5) is 0 Å². The van der Waals surface area contributed by atoms with E-state index >= 15 is 0 Å². The highest BCUT2D eigenvalue weighted by atomic mass is 35.5. The van der Waals surface area contributed by atoms with Crippen LogP contribution in [0.2, 0.25) is 5.02 Å². The summed E-state index contributed by atoms with van der Waals surface area (Å²) >= 11 is 11.3. The number of aryl methyl sites for hydroxylation is 1. The number of aliphatic carboxylic acids is 1. The number of benzene rings is 1. The van der Waals surface area contributed by atoms with Crippen LogP contribution in [0.3, 0.4) is 0 Å². The van der Waals surface area contributed by atoms with Gasteiger partial charge in [0.15, 0.2) is 0 Å². The molecule has 4 heteroatoms. The molecule has 0 saturated heterocycles. The molecule has 0 aliphatic heterocycles. The van der Waals surface area contributed by atoms with Gasteiger partial charge in [-0.15, -0.1) is 11.6 Å². The average molecular weight is 233 g/mol. The minimum absolute atomic E-state index is 0.414. The van der Waals surface area contributed by atoms with Crippen molar-refractivity contribution in [2.75, 3.05) is 0 Å². The van der Waals surface area contributed by atoms with E-state index in [9.17, 15) is 4.79 Å². The molecule has 76 valence electrons. The van der Waals surface area contributed by atoms with E-state index in [1.807, 2.05) is 18.2 Å². The van der Waals surface area contributed by atoms with E-state index in [0.29, 0.717) is 17.9 Å². The van der Waals surface area contributed by atoms with Crippen molar-refractivity contribution in [3.63, 3.8) is 0 Å². The summed E-state index contributed by atoms with van der Waals surface area (Å²) in [7, 11) is 0. The molecule has 0 heterocycles. The Morgan fingerprint density at radius 3 is 2.79 bits per heavy atom. The molecule has 0 aromatic heterocycles. The average Bonchev–Trinajstić information content (AvgIpc) is 2.14. The number of hydrogen-bond acceptors (Lipinski definition) is 1. The first-order chi connectivity index (χ1) is 6.59. The zero-order valence-corrected chi connectivity index (χ0v) is 8.92. The molecule has 0 saturated carbocycles. The van der Waals surface area contributed by atoms with Crippen molar-refractivity contribution in [2.45, 2.75) is 18.2 Å². The molecule has 1 rings (SSSR count). The molecule has 0 fully saturated rings. The number of hydrogen-bond donors (Lipinski definition) is 1. The maximum Gasteiger partial charge on any atom is 0.321 e. The van der Waals surface area contributed by atoms with Crippen molar-refractivity contribution in [2.24, 2.45) is 0 Å². The summed E-state index contributed by atoms with van der Waals surface area (Å²) in [6.07, 6.45) is 1.04. The van der Waals surface area contributed by atoms with Gasteiger partial charge in [0.05, 0.1) is 0 Å². The van der Waals surface area contributed by atoms with E-state index in [0.717, 1.165) is 5.56 Å². The van der Waals surface area contributed by atoms with Gasteiger partial charge in [-0.3, -0.25) is 4.79 Å². The van der Waals surface area contributed by atoms with Gasteiger partial charge in [0.2, 0.25) is 0 Å². The molecule has 1 aromatic rings. The van der Waals surface area contributed by atoms with Crippen LogP contribution in [0.25, 0.3) is 0 Å². The van der Waals surface area contributed by atoms with E-state index in [4.69, 9.17) is 28.3 Å². The maximum atomic E-state index is 10.4. The highest BCUT2D eigenvalue weighted by molar-refractivity contribution is 6.30. The van der Waals surface area contributed by atoms with E-state index < -0.39 is 11.3 Å². The lowest BCUT2D eigenvalue weighted by Gasteiger charge is -2.04. The Balaban J connectivity index is 2.49. The smallest absolute Gasteiger partial charge is 0.321 e. The molecule has 0 radical (unpaired) electrons. The van der Waals surface area contributed by atoms with Crippen LogP contribution >= 0.6 is 23.2 Å². The lowest BCUT2D eigenvalue weighted by molar-refractivity contribution is -0.136. The molecule has 0 amide bonds. The maximum absolute atomic E-state index is 10.4. The second kappa shape index (κ2) is 5.23. The van der Waals surface area contributed by atoms with E-state index in [2.05, 4.69) is 0 Å². The van der Waals surface area contributed by atoms with E-state index in [1.165, 1.54) is 0 Å². The summed E-state index contributed by atoms with van der Waals surface area (Å²) in [5.41, 5.74) is 1.00. The van der Waals surface area contributed by atoms with Crippen molar-refractivity contribution in [1.82, 2.24) is 0 Å². The summed E-state index contributed by atoms with van der Waals surface area (Å²) in [4.78, 5) is 10.4. The fourth-order valence-electron chi connectivity index (χ4n) is 1.11. The Hall–Kier alpha value is -0.730. The second-order valence-corrected chi connectivity index (χ2v) is 3.94. The van der Waals surface area contributed by atoms with Gasteiger partial charge in [0.25, 0.3) is 0 Å². The number of alkyl halides is 1. The molecular weight excluding hydrogens is 223 g/mol. The predicted molar refractivity (Wildman–Crippen MR) is 57.0 cm³/mol. The largest absolute Gasteiger partial charge is 0.480 e. The van der Waals surface area contributed by atoms with Gasteiger partial charge >= 0.3 is 5.97 Å². The first-order valence-corrected chi connectivity index (χ1v) is 5.02. The molecule has 1 aromatic carbocycles. The number of carboxylic acids is 1. The first-order valence-electron chi connectivity index (χ1n) is 4.21. The lowest BCUT2D eigenvalue weighted by atomic mass is 10.1. The quantitative estimate of drug-likeness (QED) is 0.811. The normalized spacial score (nSPS) is 12.4. The minimum atomic E-state index is -0.978. The first kappa shape index (κ1) is 11.3. The van der Waals surface area contributed by atoms with Crippen LogP contribution in [0, 0.1) is 0 Å². The zero-order valence-electron chi connectivity index (χ0n) is 7.41. The highest BCUT2D eigenvalue weighted by Crippen LogP contribution is 2.14. The summed E-state index contributed by atoms with van der Waals surface area (Å²) in [6, 6.07) is 7.33. The van der Waals surface area contributed by atoms with Crippen LogP contribution in [-0.4, -0.2) is 16.5 Å². The van der Waals surface area contributed by atoms with Crippen molar-refractivity contribution in [1.29, 1.82) is 0 Å². The third kappa shape index (κ3) is 3.56. The molecule has 0 spiro atoms. The number of halogens is 2. The Kier molecular flexibility index (Phi) is 4.23. The Labute approximate surface area is 92.5 Å². The van der Waals surface area contributed by atoms with Gasteiger partial charge < -0.3 is 5.11 Å². The molecule has 2 nitrogen and oxygen atoms in total. The molecular formula is C10H10Cl2O2. The van der Waals surface area contributed by atoms with Gasteiger partial charge in [0.1, 0.15) is 5.38 Å².